The van der Waals surface area contributed by atoms with E-state index in [-0.39, 0.29) is 11.8 Å². The van der Waals surface area contributed by atoms with Crippen LogP contribution >= 0.6 is 0 Å². The molecule has 1 aromatic rings. The van der Waals surface area contributed by atoms with Crippen LogP contribution in [0.3, 0.4) is 0 Å². The standard InChI is InChI=1S/C19H28N2O3/c1-15(22)21-11-8-17(9-12-21)14-16-4-6-18(7-5-16)19(23)20-10-3-13-24-2/h4-7,17H,3,8-14H2,1-2H3,(H,20,23). The second-order valence-electron chi connectivity index (χ2n) is 6.45. The Morgan fingerprint density at radius 2 is 1.88 bits per heavy atom. The molecule has 2 rings (SSSR count). The van der Waals surface area contributed by atoms with Gasteiger partial charge in [-0.15, -0.1) is 0 Å². The molecule has 1 aliphatic heterocycles. The number of likely N-dealkylation sites (tertiary alicyclic amines) is 1. The maximum absolute atomic E-state index is 12.0. The zero-order valence-corrected chi connectivity index (χ0v) is 14.7. The van der Waals surface area contributed by atoms with Crippen molar-refractivity contribution in [3.05, 3.63) is 35.4 Å². The molecule has 0 spiro atoms. The zero-order valence-electron chi connectivity index (χ0n) is 14.7. The summed E-state index contributed by atoms with van der Waals surface area (Å²) in [6.45, 7) is 4.65. The number of ether oxygens (including phenoxy) is 1. The molecule has 0 aromatic heterocycles. The number of methoxy groups -OCH3 is 1. The van der Waals surface area contributed by atoms with Gasteiger partial charge in [0.25, 0.3) is 5.91 Å². The van der Waals surface area contributed by atoms with Crippen molar-refractivity contribution in [2.75, 3.05) is 33.4 Å². The van der Waals surface area contributed by atoms with E-state index in [0.717, 1.165) is 38.8 Å². The van der Waals surface area contributed by atoms with E-state index < -0.39 is 0 Å². The van der Waals surface area contributed by atoms with E-state index in [1.54, 1.807) is 14.0 Å². The van der Waals surface area contributed by atoms with Gasteiger partial charge in [-0.3, -0.25) is 9.59 Å². The maximum atomic E-state index is 12.0. The fraction of sp³-hybridized carbons (Fsp3) is 0.579. The first-order chi connectivity index (χ1) is 11.6. The second kappa shape index (κ2) is 9.42. The number of rotatable bonds is 7. The molecule has 1 heterocycles. The van der Waals surface area contributed by atoms with Crippen molar-refractivity contribution in [1.82, 2.24) is 10.2 Å². The molecule has 0 bridgehead atoms. The van der Waals surface area contributed by atoms with Crippen molar-refractivity contribution in [3.8, 4) is 0 Å². The van der Waals surface area contributed by atoms with Crippen LogP contribution in [0.25, 0.3) is 0 Å². The quantitative estimate of drug-likeness (QED) is 0.779. The van der Waals surface area contributed by atoms with Crippen LogP contribution in [0.15, 0.2) is 24.3 Å². The Kier molecular flexibility index (Phi) is 7.25. The molecule has 132 valence electrons. The van der Waals surface area contributed by atoms with Gasteiger partial charge in [-0.1, -0.05) is 12.1 Å². The number of nitrogens with zero attached hydrogens (tertiary/aromatic N) is 1. The third-order valence-corrected chi connectivity index (χ3v) is 4.61. The minimum absolute atomic E-state index is 0.0348. The third kappa shape index (κ3) is 5.64. The van der Waals surface area contributed by atoms with Crippen molar-refractivity contribution in [3.63, 3.8) is 0 Å². The Morgan fingerprint density at radius 3 is 2.46 bits per heavy atom. The number of carbonyl (C=O) groups excluding carboxylic acids is 2. The van der Waals surface area contributed by atoms with E-state index in [1.165, 1.54) is 5.56 Å². The summed E-state index contributed by atoms with van der Waals surface area (Å²) in [5.41, 5.74) is 1.95. The predicted molar refractivity (Wildman–Crippen MR) is 94.0 cm³/mol. The first kappa shape index (κ1) is 18.5. The normalized spacial score (nSPS) is 15.3. The monoisotopic (exact) mass is 332 g/mol. The van der Waals surface area contributed by atoms with Crippen LogP contribution in [0, 0.1) is 5.92 Å². The van der Waals surface area contributed by atoms with E-state index in [2.05, 4.69) is 5.32 Å². The Morgan fingerprint density at radius 1 is 1.21 bits per heavy atom. The average Bonchev–Trinajstić information content (AvgIpc) is 2.59. The van der Waals surface area contributed by atoms with Crippen molar-refractivity contribution in [2.45, 2.75) is 32.6 Å². The number of amides is 2. The summed E-state index contributed by atoms with van der Waals surface area (Å²) in [7, 11) is 1.66. The molecule has 1 saturated heterocycles. The molecule has 5 nitrogen and oxygen atoms in total. The first-order valence-electron chi connectivity index (χ1n) is 8.71. The summed E-state index contributed by atoms with van der Waals surface area (Å²) in [6.07, 6.45) is 3.95. The van der Waals surface area contributed by atoms with Gasteiger partial charge in [-0.25, -0.2) is 0 Å². The molecule has 1 fully saturated rings. The molecule has 0 saturated carbocycles. The van der Waals surface area contributed by atoms with Crippen molar-refractivity contribution >= 4 is 11.8 Å². The largest absolute Gasteiger partial charge is 0.385 e. The Balaban J connectivity index is 1.78. The highest BCUT2D eigenvalue weighted by molar-refractivity contribution is 5.94. The molecule has 0 unspecified atom stereocenters. The van der Waals surface area contributed by atoms with Crippen molar-refractivity contribution in [2.24, 2.45) is 5.92 Å². The Bertz CT molecular complexity index is 534. The van der Waals surface area contributed by atoms with Gasteiger partial charge in [0.15, 0.2) is 0 Å². The zero-order chi connectivity index (χ0) is 17.4. The molecular formula is C19H28N2O3. The molecule has 1 aromatic carbocycles. The molecule has 1 N–H and O–H groups in total. The minimum Gasteiger partial charge on any atom is -0.385 e. The van der Waals surface area contributed by atoms with Gasteiger partial charge in [-0.05, 0) is 49.3 Å². The number of piperidine rings is 1. The molecule has 0 atom stereocenters. The number of benzene rings is 1. The SMILES string of the molecule is COCCCNC(=O)c1ccc(CC2CCN(C(C)=O)CC2)cc1. The first-order valence-corrected chi connectivity index (χ1v) is 8.71. The molecule has 24 heavy (non-hydrogen) atoms. The second-order valence-corrected chi connectivity index (χ2v) is 6.45. The average molecular weight is 332 g/mol. The van der Waals surface area contributed by atoms with Gasteiger partial charge in [-0.2, -0.15) is 0 Å². The summed E-state index contributed by atoms with van der Waals surface area (Å²) in [6, 6.07) is 7.88. The lowest BCUT2D eigenvalue weighted by Crippen LogP contribution is -2.37. The number of hydrogen-bond acceptors (Lipinski definition) is 3. The summed E-state index contributed by atoms with van der Waals surface area (Å²) in [5.74, 6) is 0.760. The van der Waals surface area contributed by atoms with Gasteiger partial charge >= 0.3 is 0 Å². The van der Waals surface area contributed by atoms with Gasteiger partial charge in [0.05, 0.1) is 0 Å². The van der Waals surface area contributed by atoms with Crippen LogP contribution in [-0.2, 0) is 16.0 Å². The van der Waals surface area contributed by atoms with E-state index >= 15 is 0 Å². The summed E-state index contributed by atoms with van der Waals surface area (Å²) >= 11 is 0. The van der Waals surface area contributed by atoms with Gasteiger partial charge in [0.1, 0.15) is 0 Å². The van der Waals surface area contributed by atoms with Crippen LogP contribution in [0.1, 0.15) is 42.1 Å². The highest BCUT2D eigenvalue weighted by Crippen LogP contribution is 2.22. The van der Waals surface area contributed by atoms with E-state index in [4.69, 9.17) is 4.74 Å². The molecule has 5 heteroatoms. The summed E-state index contributed by atoms with van der Waals surface area (Å²) in [4.78, 5) is 25.3. The van der Waals surface area contributed by atoms with Crippen LogP contribution in [0.5, 0.6) is 0 Å². The minimum atomic E-state index is -0.0348. The molecule has 0 aliphatic carbocycles. The number of hydrogen-bond donors (Lipinski definition) is 1. The smallest absolute Gasteiger partial charge is 0.251 e. The fourth-order valence-electron chi connectivity index (χ4n) is 3.10. The number of carbonyl (C=O) groups is 2. The Hall–Kier alpha value is -1.88. The van der Waals surface area contributed by atoms with Crippen molar-refractivity contribution in [1.29, 1.82) is 0 Å². The molecule has 1 aliphatic rings. The van der Waals surface area contributed by atoms with Crippen LogP contribution in [0.2, 0.25) is 0 Å². The topological polar surface area (TPSA) is 58.6 Å². The van der Waals surface area contributed by atoms with E-state index in [1.807, 2.05) is 29.2 Å². The lowest BCUT2D eigenvalue weighted by atomic mass is 9.90. The third-order valence-electron chi connectivity index (χ3n) is 4.61. The number of nitrogens with one attached hydrogen (secondary N) is 1. The molecule has 0 radical (unpaired) electrons. The highest BCUT2D eigenvalue weighted by atomic mass is 16.5. The predicted octanol–water partition coefficient (Wildman–Crippen LogP) is 2.25. The van der Waals surface area contributed by atoms with E-state index in [0.29, 0.717) is 24.6 Å². The highest BCUT2D eigenvalue weighted by Gasteiger charge is 2.20. The van der Waals surface area contributed by atoms with Crippen LogP contribution < -0.4 is 5.32 Å². The van der Waals surface area contributed by atoms with Crippen LogP contribution in [0.4, 0.5) is 0 Å². The molecule has 2 amide bonds. The summed E-state index contributed by atoms with van der Waals surface area (Å²) in [5, 5.41) is 2.89. The lowest BCUT2D eigenvalue weighted by Gasteiger charge is -2.31. The van der Waals surface area contributed by atoms with Gasteiger partial charge < -0.3 is 15.0 Å². The fourth-order valence-corrected chi connectivity index (χ4v) is 3.10. The van der Waals surface area contributed by atoms with Gasteiger partial charge in [0, 0.05) is 45.8 Å². The van der Waals surface area contributed by atoms with Gasteiger partial charge in [0.2, 0.25) is 5.91 Å². The Labute approximate surface area is 144 Å². The lowest BCUT2D eigenvalue weighted by molar-refractivity contribution is -0.130. The summed E-state index contributed by atoms with van der Waals surface area (Å²) < 4.78 is 4.96. The van der Waals surface area contributed by atoms with Crippen LogP contribution in [-0.4, -0.2) is 50.1 Å². The van der Waals surface area contributed by atoms with E-state index in [9.17, 15) is 9.59 Å². The molecular weight excluding hydrogens is 304 g/mol. The van der Waals surface area contributed by atoms with Crippen molar-refractivity contribution < 1.29 is 14.3 Å². The maximum Gasteiger partial charge on any atom is 0.251 e.